The molecule has 1 amide bonds. The molecule has 5 heteroatoms. The maximum absolute atomic E-state index is 10.2. The van der Waals surface area contributed by atoms with Gasteiger partial charge >= 0.3 is 6.09 Å². The number of hydrogen-bond acceptors (Lipinski definition) is 3. The molecule has 0 unspecified atom stereocenters. The fourth-order valence-corrected chi connectivity index (χ4v) is 1.06. The summed E-state index contributed by atoms with van der Waals surface area (Å²) in [5, 5.41) is 10.6. The average molecular weight is 206 g/mol. The molecule has 15 heavy (non-hydrogen) atoms. The number of rotatable bonds is 4. The van der Waals surface area contributed by atoms with Crippen molar-refractivity contribution in [1.29, 1.82) is 0 Å². The summed E-state index contributed by atoms with van der Waals surface area (Å²) in [4.78, 5) is 23.5. The fraction of sp³-hybridized carbons (Fsp3) is 0.200. The van der Waals surface area contributed by atoms with Crippen molar-refractivity contribution in [2.24, 2.45) is 4.99 Å². The van der Waals surface area contributed by atoms with Crippen molar-refractivity contribution in [3.05, 3.63) is 35.4 Å². The summed E-state index contributed by atoms with van der Waals surface area (Å²) in [7, 11) is 0. The third kappa shape index (κ3) is 4.06. The third-order valence-electron chi connectivity index (χ3n) is 1.79. The van der Waals surface area contributed by atoms with Gasteiger partial charge in [0.15, 0.2) is 0 Å². The molecule has 0 heterocycles. The maximum Gasteiger partial charge on any atom is 0.404 e. The Balaban J connectivity index is 2.55. The van der Waals surface area contributed by atoms with Crippen molar-refractivity contribution in [3.8, 4) is 0 Å². The molecule has 5 nitrogen and oxygen atoms in total. The predicted molar refractivity (Wildman–Crippen MR) is 53.1 cm³/mol. The molecule has 0 atom stereocenters. The Morgan fingerprint density at radius 3 is 2.47 bits per heavy atom. The van der Waals surface area contributed by atoms with Crippen LogP contribution in [-0.4, -0.2) is 17.3 Å². The van der Waals surface area contributed by atoms with E-state index in [0.717, 1.165) is 11.1 Å². The average Bonchev–Trinajstić information content (AvgIpc) is 2.25. The fourth-order valence-electron chi connectivity index (χ4n) is 1.06. The van der Waals surface area contributed by atoms with E-state index >= 15 is 0 Å². The summed E-state index contributed by atoms with van der Waals surface area (Å²) in [6.07, 6.45) is 0.405. The number of isocyanates is 1. The van der Waals surface area contributed by atoms with Gasteiger partial charge in [0.25, 0.3) is 0 Å². The Labute approximate surface area is 86.5 Å². The molecule has 78 valence electrons. The number of nitrogens with one attached hydrogen (secondary N) is 1. The van der Waals surface area contributed by atoms with Crippen molar-refractivity contribution in [2.45, 2.75) is 13.1 Å². The normalized spacial score (nSPS) is 9.07. The molecule has 0 spiro atoms. The van der Waals surface area contributed by atoms with E-state index in [1.165, 1.54) is 6.08 Å². The summed E-state index contributed by atoms with van der Waals surface area (Å²) in [6.45, 7) is 0.572. The van der Waals surface area contributed by atoms with Gasteiger partial charge in [0.2, 0.25) is 6.08 Å². The van der Waals surface area contributed by atoms with E-state index in [4.69, 9.17) is 5.11 Å². The van der Waals surface area contributed by atoms with Crippen LogP contribution < -0.4 is 5.32 Å². The van der Waals surface area contributed by atoms with Crippen molar-refractivity contribution < 1.29 is 14.7 Å². The van der Waals surface area contributed by atoms with Crippen molar-refractivity contribution in [1.82, 2.24) is 5.32 Å². The number of hydrogen-bond donors (Lipinski definition) is 2. The Kier molecular flexibility index (Phi) is 4.06. The van der Waals surface area contributed by atoms with Crippen LogP contribution in [0.15, 0.2) is 29.3 Å². The number of nitrogens with zero attached hydrogens (tertiary/aromatic N) is 1. The summed E-state index contributed by atoms with van der Waals surface area (Å²) < 4.78 is 0. The minimum absolute atomic E-state index is 0.270. The molecule has 0 aliphatic carbocycles. The summed E-state index contributed by atoms with van der Waals surface area (Å²) in [5.74, 6) is 0. The molecule has 1 rings (SSSR count). The van der Waals surface area contributed by atoms with Gasteiger partial charge in [-0.05, 0) is 11.1 Å². The Hall–Kier alpha value is -2.13. The monoisotopic (exact) mass is 206 g/mol. The van der Waals surface area contributed by atoms with Gasteiger partial charge in [-0.2, -0.15) is 0 Å². The second-order valence-corrected chi connectivity index (χ2v) is 2.88. The van der Waals surface area contributed by atoms with Crippen LogP contribution in [0.4, 0.5) is 4.79 Å². The van der Waals surface area contributed by atoms with Crippen LogP contribution >= 0.6 is 0 Å². The number of amides is 1. The van der Waals surface area contributed by atoms with Gasteiger partial charge in [-0.3, -0.25) is 0 Å². The highest BCUT2D eigenvalue weighted by atomic mass is 16.4. The molecular weight excluding hydrogens is 196 g/mol. The highest BCUT2D eigenvalue weighted by Gasteiger charge is 1.96. The summed E-state index contributed by atoms with van der Waals surface area (Å²) in [5.41, 5.74) is 1.74. The van der Waals surface area contributed by atoms with Crippen molar-refractivity contribution in [3.63, 3.8) is 0 Å². The van der Waals surface area contributed by atoms with Crippen molar-refractivity contribution in [2.75, 3.05) is 0 Å². The second-order valence-electron chi connectivity index (χ2n) is 2.88. The lowest BCUT2D eigenvalue weighted by atomic mass is 10.1. The lowest BCUT2D eigenvalue weighted by Crippen LogP contribution is -2.19. The summed E-state index contributed by atoms with van der Waals surface area (Å²) in [6, 6.07) is 7.15. The smallest absolute Gasteiger partial charge is 0.404 e. The van der Waals surface area contributed by atoms with Crippen LogP contribution in [0.2, 0.25) is 0 Å². The molecule has 2 N–H and O–H groups in total. The van der Waals surface area contributed by atoms with Gasteiger partial charge in [-0.1, -0.05) is 24.3 Å². The van der Waals surface area contributed by atoms with E-state index < -0.39 is 6.09 Å². The molecule has 0 aliphatic heterocycles. The van der Waals surface area contributed by atoms with Gasteiger partial charge in [-0.25, -0.2) is 14.6 Å². The predicted octanol–water partition coefficient (Wildman–Crippen LogP) is 1.29. The molecule has 0 aromatic heterocycles. The van der Waals surface area contributed by atoms with Crippen LogP contribution in [0, 0.1) is 0 Å². The molecule has 0 saturated carbocycles. The second kappa shape index (κ2) is 5.57. The van der Waals surface area contributed by atoms with Gasteiger partial charge in [0.1, 0.15) is 0 Å². The zero-order valence-electron chi connectivity index (χ0n) is 7.93. The van der Waals surface area contributed by atoms with Crippen LogP contribution in [0.1, 0.15) is 11.1 Å². The summed E-state index contributed by atoms with van der Waals surface area (Å²) >= 11 is 0. The first-order valence-electron chi connectivity index (χ1n) is 4.30. The van der Waals surface area contributed by atoms with E-state index in [1.54, 1.807) is 24.3 Å². The minimum Gasteiger partial charge on any atom is -0.465 e. The number of aliphatic imine (C=N–C) groups is 1. The van der Waals surface area contributed by atoms with Crippen LogP contribution in [0.25, 0.3) is 0 Å². The molecule has 1 aromatic carbocycles. The van der Waals surface area contributed by atoms with Crippen LogP contribution in [-0.2, 0) is 17.9 Å². The first kappa shape index (κ1) is 10.9. The first-order valence-corrected chi connectivity index (χ1v) is 4.30. The quantitative estimate of drug-likeness (QED) is 0.575. The standard InChI is InChI=1S/C10H10N2O3/c13-7-11-5-8-1-3-9(4-2-8)6-12-10(14)15/h1-4,12H,5-6H2,(H,14,15). The molecule has 0 bridgehead atoms. The van der Waals surface area contributed by atoms with Gasteiger partial charge in [0.05, 0.1) is 6.54 Å². The van der Waals surface area contributed by atoms with Gasteiger partial charge in [0, 0.05) is 6.54 Å². The topological polar surface area (TPSA) is 78.8 Å². The Morgan fingerprint density at radius 2 is 1.93 bits per heavy atom. The van der Waals surface area contributed by atoms with E-state index in [2.05, 4.69) is 10.3 Å². The molecule has 0 aliphatic rings. The lowest BCUT2D eigenvalue weighted by molar-refractivity contribution is 0.194. The molecular formula is C10H10N2O3. The third-order valence-corrected chi connectivity index (χ3v) is 1.79. The Morgan fingerprint density at radius 1 is 1.33 bits per heavy atom. The van der Waals surface area contributed by atoms with E-state index in [0.29, 0.717) is 6.54 Å². The zero-order valence-corrected chi connectivity index (χ0v) is 7.93. The number of carbonyl (C=O) groups excluding carboxylic acids is 1. The number of benzene rings is 1. The van der Waals surface area contributed by atoms with Crippen LogP contribution in [0.3, 0.4) is 0 Å². The molecule has 0 fully saturated rings. The molecule has 1 aromatic rings. The largest absolute Gasteiger partial charge is 0.465 e. The Bertz CT molecular complexity index is 380. The maximum atomic E-state index is 10.2. The van der Waals surface area contributed by atoms with E-state index in [9.17, 15) is 9.59 Å². The van der Waals surface area contributed by atoms with Crippen LogP contribution in [0.5, 0.6) is 0 Å². The SMILES string of the molecule is O=C=NCc1ccc(CNC(=O)O)cc1. The number of carboxylic acid groups (broad SMARTS) is 1. The van der Waals surface area contributed by atoms with Gasteiger partial charge < -0.3 is 10.4 Å². The molecule has 0 saturated heterocycles. The minimum atomic E-state index is -1.05. The first-order chi connectivity index (χ1) is 7.22. The number of carbonyl (C=O) groups is 1. The zero-order chi connectivity index (χ0) is 11.1. The van der Waals surface area contributed by atoms with Crippen molar-refractivity contribution >= 4 is 12.2 Å². The van der Waals surface area contributed by atoms with Gasteiger partial charge in [-0.15, -0.1) is 0 Å². The highest BCUT2D eigenvalue weighted by Crippen LogP contribution is 2.05. The van der Waals surface area contributed by atoms with E-state index in [1.807, 2.05) is 0 Å². The molecule has 0 radical (unpaired) electrons. The lowest BCUT2D eigenvalue weighted by Gasteiger charge is -2.01. The van der Waals surface area contributed by atoms with E-state index in [-0.39, 0.29) is 6.54 Å². The highest BCUT2D eigenvalue weighted by molar-refractivity contribution is 5.64.